The first kappa shape index (κ1) is 21.8. The smallest absolute Gasteiger partial charge is 0.247 e. The number of nitrogens with one attached hydrogen (secondary N) is 2. The highest BCUT2D eigenvalue weighted by atomic mass is 16.5. The van der Waals surface area contributed by atoms with Crippen LogP contribution in [0.5, 0.6) is 11.5 Å². The normalized spacial score (nSPS) is 11.5. The van der Waals surface area contributed by atoms with E-state index in [1.165, 1.54) is 6.07 Å². The highest BCUT2D eigenvalue weighted by Gasteiger charge is 2.22. The summed E-state index contributed by atoms with van der Waals surface area (Å²) in [6, 6.07) is 24.3. The summed E-state index contributed by atoms with van der Waals surface area (Å²) >= 11 is 0. The summed E-state index contributed by atoms with van der Waals surface area (Å²) < 4.78 is 5.23. The SMILES string of the molecule is COc1cccc(NC(=O)[C@@H](Cc2ccccc2)Nc2cc(N=O)c3ccccc3c2O)c1. The van der Waals surface area contributed by atoms with Crippen molar-refractivity contribution in [3.8, 4) is 11.5 Å². The fraction of sp³-hybridized carbons (Fsp3) is 0.115. The molecule has 0 saturated heterocycles. The topological polar surface area (TPSA) is 100 Å². The molecule has 166 valence electrons. The molecule has 0 spiro atoms. The molecule has 33 heavy (non-hydrogen) atoms. The van der Waals surface area contributed by atoms with Crippen LogP contribution in [0.4, 0.5) is 17.1 Å². The lowest BCUT2D eigenvalue weighted by atomic mass is 10.0. The number of benzene rings is 4. The quantitative estimate of drug-likeness (QED) is 0.244. The van der Waals surface area contributed by atoms with E-state index >= 15 is 0 Å². The van der Waals surface area contributed by atoms with Crippen molar-refractivity contribution in [1.29, 1.82) is 0 Å². The number of hydrogen-bond donors (Lipinski definition) is 3. The molecule has 7 heteroatoms. The molecule has 0 radical (unpaired) electrons. The van der Waals surface area contributed by atoms with Gasteiger partial charge in [-0.1, -0.05) is 60.7 Å². The number of fused-ring (bicyclic) bond motifs is 1. The number of ether oxygens (including phenoxy) is 1. The monoisotopic (exact) mass is 441 g/mol. The summed E-state index contributed by atoms with van der Waals surface area (Å²) in [5.74, 6) is 0.264. The Hall–Kier alpha value is -4.39. The molecule has 0 bridgehead atoms. The van der Waals surface area contributed by atoms with E-state index in [1.807, 2.05) is 30.3 Å². The van der Waals surface area contributed by atoms with E-state index in [2.05, 4.69) is 15.8 Å². The van der Waals surface area contributed by atoms with Crippen molar-refractivity contribution in [1.82, 2.24) is 0 Å². The second-order valence-electron chi connectivity index (χ2n) is 7.54. The average Bonchev–Trinajstić information content (AvgIpc) is 2.86. The molecule has 3 N–H and O–H groups in total. The van der Waals surface area contributed by atoms with Gasteiger partial charge in [-0.3, -0.25) is 4.79 Å². The molecule has 4 aromatic rings. The number of rotatable bonds is 8. The van der Waals surface area contributed by atoms with Gasteiger partial charge in [0.1, 0.15) is 23.2 Å². The van der Waals surface area contributed by atoms with Gasteiger partial charge in [-0.05, 0) is 28.9 Å². The van der Waals surface area contributed by atoms with Gasteiger partial charge in [0.15, 0.2) is 0 Å². The van der Waals surface area contributed by atoms with E-state index in [1.54, 1.807) is 55.6 Å². The number of aromatic hydroxyl groups is 1. The third kappa shape index (κ3) is 4.93. The van der Waals surface area contributed by atoms with E-state index in [9.17, 15) is 14.8 Å². The maximum absolute atomic E-state index is 13.3. The summed E-state index contributed by atoms with van der Waals surface area (Å²) in [6.07, 6.45) is 0.354. The van der Waals surface area contributed by atoms with Gasteiger partial charge >= 0.3 is 0 Å². The van der Waals surface area contributed by atoms with Gasteiger partial charge in [0, 0.05) is 28.9 Å². The molecule has 0 aromatic heterocycles. The molecular weight excluding hydrogens is 418 g/mol. The minimum atomic E-state index is -0.745. The summed E-state index contributed by atoms with van der Waals surface area (Å²) in [5, 5.41) is 21.0. The highest BCUT2D eigenvalue weighted by Crippen LogP contribution is 2.39. The van der Waals surface area contributed by atoms with Gasteiger partial charge < -0.3 is 20.5 Å². The van der Waals surface area contributed by atoms with Gasteiger partial charge in [-0.25, -0.2) is 0 Å². The number of phenols is 1. The Kier molecular flexibility index (Phi) is 6.50. The zero-order valence-electron chi connectivity index (χ0n) is 18.0. The summed E-state index contributed by atoms with van der Waals surface area (Å²) in [6.45, 7) is 0. The second-order valence-corrected chi connectivity index (χ2v) is 7.54. The molecule has 1 amide bonds. The van der Waals surface area contributed by atoms with E-state index in [-0.39, 0.29) is 23.0 Å². The molecular formula is C26H23N3O4. The van der Waals surface area contributed by atoms with Crippen molar-refractivity contribution in [2.45, 2.75) is 12.5 Å². The Bertz CT molecular complexity index is 1290. The van der Waals surface area contributed by atoms with Crippen LogP contribution in [0.3, 0.4) is 0 Å². The zero-order valence-corrected chi connectivity index (χ0v) is 18.0. The fourth-order valence-corrected chi connectivity index (χ4v) is 3.70. The van der Waals surface area contributed by atoms with E-state index in [4.69, 9.17) is 4.74 Å². The zero-order chi connectivity index (χ0) is 23.2. The van der Waals surface area contributed by atoms with E-state index < -0.39 is 6.04 Å². The molecule has 1 atom stereocenters. The van der Waals surface area contributed by atoms with Gasteiger partial charge in [-0.15, -0.1) is 4.91 Å². The fourth-order valence-electron chi connectivity index (χ4n) is 3.70. The molecule has 0 aliphatic heterocycles. The predicted molar refractivity (Wildman–Crippen MR) is 130 cm³/mol. The Morgan fingerprint density at radius 2 is 1.70 bits per heavy atom. The summed E-state index contributed by atoms with van der Waals surface area (Å²) in [4.78, 5) is 24.7. The molecule has 0 fully saturated rings. The molecule has 7 nitrogen and oxygen atoms in total. The molecule has 0 heterocycles. The highest BCUT2D eigenvalue weighted by molar-refractivity contribution is 6.02. The lowest BCUT2D eigenvalue weighted by Crippen LogP contribution is -2.36. The number of amides is 1. The van der Waals surface area contributed by atoms with Crippen molar-refractivity contribution < 1.29 is 14.6 Å². The first-order valence-corrected chi connectivity index (χ1v) is 10.4. The average molecular weight is 441 g/mol. The largest absolute Gasteiger partial charge is 0.505 e. The number of nitroso groups, excluding NO2 is 1. The van der Waals surface area contributed by atoms with Crippen molar-refractivity contribution in [2.75, 3.05) is 17.7 Å². The van der Waals surface area contributed by atoms with Crippen LogP contribution in [0, 0.1) is 4.91 Å². The van der Waals surface area contributed by atoms with Gasteiger partial charge in [0.2, 0.25) is 5.91 Å². The van der Waals surface area contributed by atoms with Gasteiger partial charge in [-0.2, -0.15) is 0 Å². The van der Waals surface area contributed by atoms with Crippen LogP contribution in [0.2, 0.25) is 0 Å². The van der Waals surface area contributed by atoms with Crippen LogP contribution in [0.15, 0.2) is 90.1 Å². The maximum Gasteiger partial charge on any atom is 0.247 e. The Morgan fingerprint density at radius 1 is 0.970 bits per heavy atom. The van der Waals surface area contributed by atoms with Crippen LogP contribution in [0.1, 0.15) is 5.56 Å². The second kappa shape index (κ2) is 9.82. The van der Waals surface area contributed by atoms with Crippen LogP contribution in [-0.4, -0.2) is 24.2 Å². The molecule has 0 saturated carbocycles. The number of carbonyl (C=O) groups is 1. The molecule has 0 aliphatic carbocycles. The van der Waals surface area contributed by atoms with Crippen molar-refractivity contribution in [2.24, 2.45) is 5.18 Å². The van der Waals surface area contributed by atoms with Crippen molar-refractivity contribution in [3.63, 3.8) is 0 Å². The third-order valence-electron chi connectivity index (χ3n) is 5.36. The number of phenolic OH excluding ortho intramolecular Hbond substituents is 1. The maximum atomic E-state index is 13.3. The summed E-state index contributed by atoms with van der Waals surface area (Å²) in [7, 11) is 1.56. The first-order valence-electron chi connectivity index (χ1n) is 10.4. The van der Waals surface area contributed by atoms with Crippen LogP contribution >= 0.6 is 0 Å². The Labute approximate surface area is 191 Å². The molecule has 0 unspecified atom stereocenters. The number of anilines is 2. The predicted octanol–water partition coefficient (Wildman–Crippen LogP) is 5.61. The van der Waals surface area contributed by atoms with Gasteiger partial charge in [0.25, 0.3) is 0 Å². The Balaban J connectivity index is 1.68. The first-order chi connectivity index (χ1) is 16.1. The molecule has 4 rings (SSSR count). The number of methoxy groups -OCH3 is 1. The van der Waals surface area contributed by atoms with E-state index in [0.29, 0.717) is 28.6 Å². The Morgan fingerprint density at radius 3 is 2.42 bits per heavy atom. The minimum Gasteiger partial charge on any atom is -0.505 e. The van der Waals surface area contributed by atoms with E-state index in [0.717, 1.165) is 5.56 Å². The minimum absolute atomic E-state index is 0.0507. The van der Waals surface area contributed by atoms with Crippen molar-refractivity contribution >= 4 is 33.7 Å². The molecule has 0 aliphatic rings. The van der Waals surface area contributed by atoms with Crippen LogP contribution in [0.25, 0.3) is 10.8 Å². The number of nitrogens with zero attached hydrogens (tertiary/aromatic N) is 1. The molecule has 4 aromatic carbocycles. The lowest BCUT2D eigenvalue weighted by molar-refractivity contribution is -0.116. The van der Waals surface area contributed by atoms with Crippen LogP contribution in [-0.2, 0) is 11.2 Å². The van der Waals surface area contributed by atoms with Crippen molar-refractivity contribution in [3.05, 3.63) is 95.4 Å². The number of carbonyl (C=O) groups excluding carboxylic acids is 1. The van der Waals surface area contributed by atoms with Crippen LogP contribution < -0.4 is 15.4 Å². The summed E-state index contributed by atoms with van der Waals surface area (Å²) in [5.41, 5.74) is 1.95. The van der Waals surface area contributed by atoms with Gasteiger partial charge in [0.05, 0.1) is 12.8 Å². The third-order valence-corrected chi connectivity index (χ3v) is 5.36. The number of hydrogen-bond acceptors (Lipinski definition) is 6. The lowest BCUT2D eigenvalue weighted by Gasteiger charge is -2.21. The standard InChI is InChI=1S/C26H23N3O4/c1-33-19-11-7-10-18(15-19)27-26(31)24(14-17-8-3-2-4-9-17)28-23-16-22(29-32)20-12-5-6-13-21(20)25(23)30/h2-13,15-16,24,28,30H,14H2,1H3,(H,27,31)/t24-/m1/s1.